The summed E-state index contributed by atoms with van der Waals surface area (Å²) in [5.74, 6) is -0.0553. The standard InChI is InChI=1S/C21H23N5O5/c1-11-4-2-3-7-26(11)21-24-18-17(20(29)25-21)13(9-16(27)23-18)19(28)22-12-5-6-14-15(8-12)31-10-30-14/h5-6,8,11,13H,2-4,7,9-10H2,1H3,(H,22,28)(H2,23,24,25,27,29)/t11-,13-/m0/s1. The molecule has 1 saturated heterocycles. The molecule has 2 aromatic rings. The zero-order chi connectivity index (χ0) is 21.5. The number of amides is 2. The third-order valence-corrected chi connectivity index (χ3v) is 5.97. The maximum atomic E-state index is 13.0. The Hall–Kier alpha value is -3.56. The van der Waals surface area contributed by atoms with Crippen molar-refractivity contribution in [1.82, 2.24) is 9.97 Å². The average Bonchev–Trinajstić information content (AvgIpc) is 3.21. The number of carbonyl (C=O) groups is 2. The fourth-order valence-corrected chi connectivity index (χ4v) is 4.34. The van der Waals surface area contributed by atoms with Gasteiger partial charge in [-0.05, 0) is 38.3 Å². The fourth-order valence-electron chi connectivity index (χ4n) is 4.34. The van der Waals surface area contributed by atoms with Crippen molar-refractivity contribution < 1.29 is 19.1 Å². The van der Waals surface area contributed by atoms with Gasteiger partial charge in [0.15, 0.2) is 11.5 Å². The van der Waals surface area contributed by atoms with E-state index in [0.717, 1.165) is 25.8 Å². The summed E-state index contributed by atoms with van der Waals surface area (Å²) in [5, 5.41) is 5.43. The number of piperidine rings is 1. The van der Waals surface area contributed by atoms with E-state index in [1.54, 1.807) is 18.2 Å². The molecule has 0 radical (unpaired) electrons. The number of anilines is 3. The van der Waals surface area contributed by atoms with Crippen molar-refractivity contribution in [1.29, 1.82) is 0 Å². The summed E-state index contributed by atoms with van der Waals surface area (Å²) in [5.41, 5.74) is 0.250. The Labute approximate surface area is 177 Å². The lowest BCUT2D eigenvalue weighted by Crippen LogP contribution is -2.41. The van der Waals surface area contributed by atoms with E-state index >= 15 is 0 Å². The number of rotatable bonds is 3. The average molecular weight is 425 g/mol. The highest BCUT2D eigenvalue weighted by atomic mass is 16.7. The first-order valence-electron chi connectivity index (χ1n) is 10.4. The molecule has 1 aromatic carbocycles. The molecule has 3 aliphatic heterocycles. The van der Waals surface area contributed by atoms with Crippen LogP contribution in [0.25, 0.3) is 0 Å². The molecular weight excluding hydrogens is 402 g/mol. The molecule has 1 aromatic heterocycles. The molecule has 0 spiro atoms. The molecule has 162 valence electrons. The molecule has 5 rings (SSSR count). The first-order chi connectivity index (χ1) is 15.0. The van der Waals surface area contributed by atoms with E-state index in [9.17, 15) is 14.4 Å². The molecule has 0 saturated carbocycles. The monoisotopic (exact) mass is 425 g/mol. The molecule has 0 aliphatic carbocycles. The lowest BCUT2D eigenvalue weighted by atomic mass is 9.92. The number of benzene rings is 1. The van der Waals surface area contributed by atoms with Crippen molar-refractivity contribution in [3.05, 3.63) is 34.1 Å². The van der Waals surface area contributed by atoms with Crippen molar-refractivity contribution in [2.24, 2.45) is 0 Å². The van der Waals surface area contributed by atoms with Gasteiger partial charge in [0.1, 0.15) is 5.82 Å². The highest BCUT2D eigenvalue weighted by Crippen LogP contribution is 2.35. The largest absolute Gasteiger partial charge is 0.454 e. The van der Waals surface area contributed by atoms with Gasteiger partial charge in [0.05, 0.1) is 11.5 Å². The van der Waals surface area contributed by atoms with Crippen molar-refractivity contribution in [2.45, 2.75) is 44.6 Å². The van der Waals surface area contributed by atoms with Gasteiger partial charge in [0.2, 0.25) is 24.6 Å². The number of nitrogens with zero attached hydrogens (tertiary/aromatic N) is 2. The second-order valence-corrected chi connectivity index (χ2v) is 8.05. The third-order valence-electron chi connectivity index (χ3n) is 5.97. The van der Waals surface area contributed by atoms with Crippen LogP contribution in [0.1, 0.15) is 44.1 Å². The number of nitrogens with one attached hydrogen (secondary N) is 3. The normalized spacial score (nSPS) is 22.0. The molecule has 1 fully saturated rings. The topological polar surface area (TPSA) is 126 Å². The van der Waals surface area contributed by atoms with Gasteiger partial charge < -0.3 is 25.0 Å². The van der Waals surface area contributed by atoms with Crippen LogP contribution in [0.5, 0.6) is 11.5 Å². The Balaban J connectivity index is 1.44. The molecule has 4 heterocycles. The number of hydrogen-bond donors (Lipinski definition) is 3. The van der Waals surface area contributed by atoms with Crippen LogP contribution in [0.4, 0.5) is 17.5 Å². The first kappa shape index (κ1) is 19.4. The second-order valence-electron chi connectivity index (χ2n) is 8.05. The van der Waals surface area contributed by atoms with E-state index in [2.05, 4.69) is 27.5 Å². The molecule has 3 aliphatic rings. The Morgan fingerprint density at radius 2 is 2.06 bits per heavy atom. The molecule has 31 heavy (non-hydrogen) atoms. The smallest absolute Gasteiger partial charge is 0.258 e. The number of aromatic amines is 1. The predicted octanol–water partition coefficient (Wildman–Crippen LogP) is 1.94. The lowest BCUT2D eigenvalue weighted by molar-refractivity contribution is -0.123. The Morgan fingerprint density at radius 1 is 1.23 bits per heavy atom. The van der Waals surface area contributed by atoms with E-state index in [-0.39, 0.29) is 36.5 Å². The summed E-state index contributed by atoms with van der Waals surface area (Å²) >= 11 is 0. The quantitative estimate of drug-likeness (QED) is 0.686. The molecule has 3 N–H and O–H groups in total. The fraction of sp³-hybridized carbons (Fsp3) is 0.429. The zero-order valence-electron chi connectivity index (χ0n) is 17.1. The minimum absolute atomic E-state index is 0.127. The van der Waals surface area contributed by atoms with Gasteiger partial charge in [0.25, 0.3) is 5.56 Å². The van der Waals surface area contributed by atoms with Crippen molar-refractivity contribution >= 4 is 29.3 Å². The highest BCUT2D eigenvalue weighted by molar-refractivity contribution is 6.04. The Bertz CT molecular complexity index is 1110. The Morgan fingerprint density at radius 3 is 2.90 bits per heavy atom. The minimum Gasteiger partial charge on any atom is -0.454 e. The van der Waals surface area contributed by atoms with Gasteiger partial charge >= 0.3 is 0 Å². The molecular formula is C21H23N5O5. The van der Waals surface area contributed by atoms with Crippen LogP contribution in [0.15, 0.2) is 23.0 Å². The summed E-state index contributed by atoms with van der Waals surface area (Å²) in [6.07, 6.45) is 3.02. The summed E-state index contributed by atoms with van der Waals surface area (Å²) in [4.78, 5) is 47.7. The summed E-state index contributed by atoms with van der Waals surface area (Å²) in [7, 11) is 0. The second kappa shape index (κ2) is 7.60. The van der Waals surface area contributed by atoms with Crippen molar-refractivity contribution in [3.63, 3.8) is 0 Å². The number of hydrogen-bond acceptors (Lipinski definition) is 7. The van der Waals surface area contributed by atoms with E-state index < -0.39 is 17.4 Å². The van der Waals surface area contributed by atoms with E-state index in [0.29, 0.717) is 23.1 Å². The van der Waals surface area contributed by atoms with Crippen molar-refractivity contribution in [3.8, 4) is 11.5 Å². The number of H-pyrrole nitrogens is 1. The SMILES string of the molecule is C[C@H]1CCCCN1c1nc2c(c(=O)[nH]1)[C@@H](C(=O)Nc1ccc3c(c1)OCO3)CC(=O)N2. The zero-order valence-corrected chi connectivity index (χ0v) is 17.1. The maximum Gasteiger partial charge on any atom is 0.258 e. The van der Waals surface area contributed by atoms with E-state index in [1.807, 2.05) is 4.90 Å². The molecule has 2 atom stereocenters. The van der Waals surface area contributed by atoms with Crippen molar-refractivity contribution in [2.75, 3.05) is 28.9 Å². The first-order valence-corrected chi connectivity index (χ1v) is 10.4. The van der Waals surface area contributed by atoms with Gasteiger partial charge in [0, 0.05) is 30.8 Å². The van der Waals surface area contributed by atoms with Crippen LogP contribution < -0.4 is 30.6 Å². The third kappa shape index (κ3) is 3.58. The van der Waals surface area contributed by atoms with Gasteiger partial charge in [-0.25, -0.2) is 0 Å². The number of ether oxygens (including phenoxy) is 2. The lowest BCUT2D eigenvalue weighted by Gasteiger charge is -2.34. The van der Waals surface area contributed by atoms with Crippen LogP contribution >= 0.6 is 0 Å². The van der Waals surface area contributed by atoms with Gasteiger partial charge in [-0.3, -0.25) is 19.4 Å². The van der Waals surface area contributed by atoms with E-state index in [1.165, 1.54) is 0 Å². The number of fused-ring (bicyclic) bond motifs is 2. The molecule has 0 unspecified atom stereocenters. The highest BCUT2D eigenvalue weighted by Gasteiger charge is 2.35. The Kier molecular flexibility index (Phi) is 4.76. The number of carbonyl (C=O) groups excluding carboxylic acids is 2. The molecule has 0 bridgehead atoms. The van der Waals surface area contributed by atoms with Crippen LogP contribution in [-0.4, -0.2) is 41.2 Å². The molecule has 10 heteroatoms. The number of aromatic nitrogens is 2. The predicted molar refractivity (Wildman–Crippen MR) is 113 cm³/mol. The summed E-state index contributed by atoms with van der Waals surface area (Å²) < 4.78 is 10.6. The molecule has 2 amide bonds. The van der Waals surface area contributed by atoms with Crippen LogP contribution in [0.3, 0.4) is 0 Å². The van der Waals surface area contributed by atoms with Gasteiger partial charge in [-0.2, -0.15) is 4.98 Å². The van der Waals surface area contributed by atoms with Gasteiger partial charge in [-0.1, -0.05) is 0 Å². The summed E-state index contributed by atoms with van der Waals surface area (Å²) in [6, 6.07) is 5.26. The molecule has 10 nitrogen and oxygen atoms in total. The van der Waals surface area contributed by atoms with Gasteiger partial charge in [-0.15, -0.1) is 0 Å². The van der Waals surface area contributed by atoms with Crippen LogP contribution in [-0.2, 0) is 9.59 Å². The van der Waals surface area contributed by atoms with Crippen LogP contribution in [0, 0.1) is 0 Å². The van der Waals surface area contributed by atoms with Crippen LogP contribution in [0.2, 0.25) is 0 Å². The summed E-state index contributed by atoms with van der Waals surface area (Å²) in [6.45, 7) is 2.99. The minimum atomic E-state index is -0.946. The van der Waals surface area contributed by atoms with E-state index in [4.69, 9.17) is 9.47 Å². The maximum absolute atomic E-state index is 13.0.